The van der Waals surface area contributed by atoms with Crippen LogP contribution in [0.2, 0.25) is 0 Å². The van der Waals surface area contributed by atoms with Gasteiger partial charge in [0.05, 0.1) is 0 Å². The van der Waals surface area contributed by atoms with Gasteiger partial charge in [-0.25, -0.2) is 4.79 Å². The van der Waals surface area contributed by atoms with Gasteiger partial charge in [-0.2, -0.15) is 0 Å². The molecule has 0 unspecified atom stereocenters. The Morgan fingerprint density at radius 3 is 2.15 bits per heavy atom. The minimum atomic E-state index is -1.04. The van der Waals surface area contributed by atoms with Crippen molar-refractivity contribution < 1.29 is 14.7 Å². The largest absolute Gasteiger partial charge is 0.478 e. The van der Waals surface area contributed by atoms with Gasteiger partial charge in [-0.3, -0.25) is 4.79 Å². The molecule has 0 atom stereocenters. The average molecular weight is 379 g/mol. The molecule has 1 aromatic heterocycles. The number of benzene rings is 2. The molecule has 0 radical (unpaired) electrons. The molecular weight excluding hydrogens is 358 g/mol. The fourth-order valence-electron chi connectivity index (χ4n) is 2.81. The van der Waals surface area contributed by atoms with Crippen LogP contribution < -0.4 is 5.32 Å². The summed E-state index contributed by atoms with van der Waals surface area (Å²) in [5.41, 5.74) is 4.97. The van der Waals surface area contributed by atoms with Gasteiger partial charge in [0.25, 0.3) is 0 Å². The van der Waals surface area contributed by atoms with Gasteiger partial charge in [-0.1, -0.05) is 59.7 Å². The molecule has 0 spiro atoms. The minimum Gasteiger partial charge on any atom is -0.478 e. The number of rotatable bonds is 6. The Hall–Kier alpha value is -2.92. The monoisotopic (exact) mass is 379 g/mol. The lowest BCUT2D eigenvalue weighted by Gasteiger charge is -2.07. The van der Waals surface area contributed by atoms with E-state index in [4.69, 9.17) is 0 Å². The van der Waals surface area contributed by atoms with E-state index in [1.54, 1.807) is 5.38 Å². The molecule has 0 saturated carbocycles. The van der Waals surface area contributed by atoms with Crippen molar-refractivity contribution >= 4 is 28.2 Å². The molecule has 2 N–H and O–H groups in total. The Labute approximate surface area is 162 Å². The second-order valence-electron chi connectivity index (χ2n) is 6.56. The van der Waals surface area contributed by atoms with Gasteiger partial charge in [0.2, 0.25) is 5.91 Å². The number of nitrogens with one attached hydrogen (secondary N) is 1. The highest BCUT2D eigenvalue weighted by Crippen LogP contribution is 2.35. The highest BCUT2D eigenvalue weighted by Gasteiger charge is 2.21. The molecule has 0 aliphatic heterocycles. The summed E-state index contributed by atoms with van der Waals surface area (Å²) in [7, 11) is 0. The number of carboxylic acids is 1. The van der Waals surface area contributed by atoms with Crippen LogP contribution in [-0.4, -0.2) is 17.0 Å². The predicted octanol–water partition coefficient (Wildman–Crippen LogP) is 5.30. The topological polar surface area (TPSA) is 66.4 Å². The maximum atomic E-state index is 12.3. The number of aromatic carboxylic acids is 1. The van der Waals surface area contributed by atoms with E-state index in [2.05, 4.69) is 5.32 Å². The van der Waals surface area contributed by atoms with Crippen molar-refractivity contribution in [1.29, 1.82) is 0 Å². The fraction of sp³-hybridized carbons (Fsp3) is 0.182. The van der Waals surface area contributed by atoms with E-state index in [0.717, 1.165) is 16.7 Å². The van der Waals surface area contributed by atoms with Crippen LogP contribution in [0.15, 0.2) is 53.9 Å². The van der Waals surface area contributed by atoms with Crippen molar-refractivity contribution in [1.82, 2.24) is 0 Å². The van der Waals surface area contributed by atoms with Gasteiger partial charge in [-0.05, 0) is 31.4 Å². The Bertz CT molecular complexity index is 956. The number of aryl methyl sites for hydroxylation is 3. The van der Waals surface area contributed by atoms with Crippen LogP contribution in [0.25, 0.3) is 11.1 Å². The molecule has 27 heavy (non-hydrogen) atoms. The first-order valence-electron chi connectivity index (χ1n) is 8.71. The number of carboxylic acid groups (broad SMARTS) is 1. The smallest absolute Gasteiger partial charge is 0.339 e. The first-order valence-corrected chi connectivity index (χ1v) is 9.59. The summed E-state index contributed by atoms with van der Waals surface area (Å²) in [4.78, 5) is 24.1. The van der Waals surface area contributed by atoms with Crippen molar-refractivity contribution in [2.45, 2.75) is 26.7 Å². The number of anilines is 1. The van der Waals surface area contributed by atoms with Crippen LogP contribution in [-0.2, 0) is 11.2 Å². The molecule has 2 aromatic carbocycles. The fourth-order valence-corrected chi connectivity index (χ4v) is 3.79. The summed E-state index contributed by atoms with van der Waals surface area (Å²) in [6.45, 7) is 4.00. The first kappa shape index (κ1) is 18.9. The summed E-state index contributed by atoms with van der Waals surface area (Å²) in [5.74, 6) is -1.23. The summed E-state index contributed by atoms with van der Waals surface area (Å²) < 4.78 is 0. The number of hydrogen-bond donors (Lipinski definition) is 2. The molecule has 0 aliphatic rings. The van der Waals surface area contributed by atoms with Gasteiger partial charge in [0.15, 0.2) is 0 Å². The zero-order valence-corrected chi connectivity index (χ0v) is 16.1. The lowest BCUT2D eigenvalue weighted by molar-refractivity contribution is -0.116. The van der Waals surface area contributed by atoms with E-state index in [1.807, 2.05) is 62.4 Å². The van der Waals surface area contributed by atoms with Gasteiger partial charge in [-0.15, -0.1) is 11.3 Å². The quantitative estimate of drug-likeness (QED) is 0.611. The van der Waals surface area contributed by atoms with Crippen molar-refractivity contribution in [3.63, 3.8) is 0 Å². The van der Waals surface area contributed by atoms with Gasteiger partial charge in [0.1, 0.15) is 10.6 Å². The van der Waals surface area contributed by atoms with E-state index in [-0.39, 0.29) is 11.5 Å². The highest BCUT2D eigenvalue weighted by molar-refractivity contribution is 7.15. The molecule has 3 rings (SSSR count). The average Bonchev–Trinajstić information content (AvgIpc) is 3.05. The maximum absolute atomic E-state index is 12.3. The molecule has 4 nitrogen and oxygen atoms in total. The first-order chi connectivity index (χ1) is 12.9. The number of amides is 1. The molecule has 1 heterocycles. The molecule has 0 aliphatic carbocycles. The van der Waals surface area contributed by atoms with Crippen LogP contribution in [0.5, 0.6) is 0 Å². The molecular formula is C22H21NO3S. The number of thiophene rings is 1. The normalized spacial score (nSPS) is 10.6. The summed E-state index contributed by atoms with van der Waals surface area (Å²) in [5, 5.41) is 14.6. The predicted molar refractivity (Wildman–Crippen MR) is 110 cm³/mol. The van der Waals surface area contributed by atoms with Crippen LogP contribution >= 0.6 is 11.3 Å². The van der Waals surface area contributed by atoms with Crippen molar-refractivity contribution in [2.24, 2.45) is 0 Å². The molecule has 5 heteroatoms. The summed E-state index contributed by atoms with van der Waals surface area (Å²) in [6, 6.07) is 15.7. The summed E-state index contributed by atoms with van der Waals surface area (Å²) >= 11 is 1.24. The van der Waals surface area contributed by atoms with Gasteiger partial charge >= 0.3 is 5.97 Å². The summed E-state index contributed by atoms with van der Waals surface area (Å²) in [6.07, 6.45) is 0.921. The standard InChI is InChI=1S/C22H21NO3S/c1-14-3-7-16(8-4-14)9-12-19(24)23-21-20(22(25)26)18(13-27-21)17-10-5-15(2)6-11-17/h3-8,10-11,13H,9,12H2,1-2H3,(H,23,24)(H,25,26). The minimum absolute atomic E-state index is 0.146. The van der Waals surface area contributed by atoms with Crippen LogP contribution in [0.3, 0.4) is 0 Å². The van der Waals surface area contributed by atoms with E-state index >= 15 is 0 Å². The van der Waals surface area contributed by atoms with E-state index in [9.17, 15) is 14.7 Å². The number of carbonyl (C=O) groups is 2. The molecule has 0 saturated heterocycles. The third-order valence-corrected chi connectivity index (χ3v) is 5.28. The Kier molecular flexibility index (Phi) is 5.72. The zero-order valence-electron chi connectivity index (χ0n) is 15.3. The van der Waals surface area contributed by atoms with E-state index in [0.29, 0.717) is 23.4 Å². The van der Waals surface area contributed by atoms with Crippen molar-refractivity contribution in [3.8, 4) is 11.1 Å². The van der Waals surface area contributed by atoms with Gasteiger partial charge in [0, 0.05) is 17.4 Å². The van der Waals surface area contributed by atoms with Crippen LogP contribution in [0.4, 0.5) is 5.00 Å². The Morgan fingerprint density at radius 2 is 1.56 bits per heavy atom. The molecule has 3 aromatic rings. The Morgan fingerprint density at radius 1 is 0.963 bits per heavy atom. The number of hydrogen-bond acceptors (Lipinski definition) is 3. The molecule has 138 valence electrons. The third kappa shape index (κ3) is 4.63. The van der Waals surface area contributed by atoms with Crippen LogP contribution in [0.1, 0.15) is 33.5 Å². The SMILES string of the molecule is Cc1ccc(CCC(=O)Nc2scc(-c3ccc(C)cc3)c2C(=O)O)cc1. The van der Waals surface area contributed by atoms with Gasteiger partial charge < -0.3 is 10.4 Å². The maximum Gasteiger partial charge on any atom is 0.339 e. The lowest BCUT2D eigenvalue weighted by atomic mass is 10.0. The Balaban J connectivity index is 1.74. The molecule has 0 fully saturated rings. The second-order valence-corrected chi connectivity index (χ2v) is 7.44. The molecule has 0 bridgehead atoms. The third-order valence-electron chi connectivity index (χ3n) is 4.38. The van der Waals surface area contributed by atoms with Crippen molar-refractivity contribution in [3.05, 3.63) is 76.2 Å². The van der Waals surface area contributed by atoms with Crippen molar-refractivity contribution in [2.75, 3.05) is 5.32 Å². The second kappa shape index (κ2) is 8.18. The van der Waals surface area contributed by atoms with Crippen LogP contribution in [0, 0.1) is 13.8 Å². The zero-order chi connectivity index (χ0) is 19.4. The highest BCUT2D eigenvalue weighted by atomic mass is 32.1. The number of carbonyl (C=O) groups excluding carboxylic acids is 1. The lowest BCUT2D eigenvalue weighted by Crippen LogP contribution is -2.14. The molecule has 1 amide bonds. The van der Waals surface area contributed by atoms with E-state index in [1.165, 1.54) is 16.9 Å². The van der Waals surface area contributed by atoms with E-state index < -0.39 is 5.97 Å².